The zero-order chi connectivity index (χ0) is 14.1. The molecule has 1 aromatic rings. The normalized spacial score (nSPS) is 16.4. The largest absolute Gasteiger partial charge is 0.454 e. The Morgan fingerprint density at radius 2 is 1.95 bits per heavy atom. The van der Waals surface area contributed by atoms with Crippen LogP contribution in [-0.4, -0.2) is 24.1 Å². The van der Waals surface area contributed by atoms with Crippen molar-refractivity contribution in [1.29, 1.82) is 0 Å². The Balaban J connectivity index is 1.86. The van der Waals surface area contributed by atoms with Crippen LogP contribution in [0.4, 0.5) is 0 Å². The van der Waals surface area contributed by atoms with Gasteiger partial charge in [-0.15, -0.1) is 0 Å². The maximum atomic E-state index is 12.2. The van der Waals surface area contributed by atoms with E-state index < -0.39 is 11.6 Å². The summed E-state index contributed by atoms with van der Waals surface area (Å²) in [6.45, 7) is 1.95. The van der Waals surface area contributed by atoms with Crippen molar-refractivity contribution < 1.29 is 19.1 Å². The molecule has 5 nitrogen and oxygen atoms in total. The van der Waals surface area contributed by atoms with Gasteiger partial charge in [0.2, 0.25) is 18.4 Å². The first-order valence-electron chi connectivity index (χ1n) is 6.38. The molecule has 0 unspecified atom stereocenters. The van der Waals surface area contributed by atoms with Crippen LogP contribution in [0.25, 0.3) is 0 Å². The SMILES string of the molecule is CC1=CCCC(C(=O)C(=O)c2ccc3c(c2)OCO3)=N1. The van der Waals surface area contributed by atoms with Gasteiger partial charge in [-0.1, -0.05) is 6.08 Å². The number of Topliss-reactive ketones (excluding diaryl/α,β-unsaturated/α-hetero) is 2. The van der Waals surface area contributed by atoms with E-state index >= 15 is 0 Å². The van der Waals surface area contributed by atoms with Crippen LogP contribution in [0.3, 0.4) is 0 Å². The predicted molar refractivity (Wildman–Crippen MR) is 72.3 cm³/mol. The van der Waals surface area contributed by atoms with Crippen LogP contribution in [-0.2, 0) is 4.79 Å². The Hall–Kier alpha value is -2.43. The van der Waals surface area contributed by atoms with Crippen LogP contribution >= 0.6 is 0 Å². The van der Waals surface area contributed by atoms with Crippen molar-refractivity contribution >= 4 is 17.3 Å². The highest BCUT2D eigenvalue weighted by Gasteiger charge is 2.25. The third kappa shape index (κ3) is 2.22. The second-order valence-corrected chi connectivity index (χ2v) is 4.67. The van der Waals surface area contributed by atoms with Gasteiger partial charge < -0.3 is 9.47 Å². The van der Waals surface area contributed by atoms with E-state index in [0.29, 0.717) is 29.2 Å². The number of aliphatic imine (C=N–C) groups is 1. The van der Waals surface area contributed by atoms with Crippen molar-refractivity contribution in [2.45, 2.75) is 19.8 Å². The zero-order valence-electron chi connectivity index (χ0n) is 11.0. The Labute approximate surface area is 115 Å². The third-order valence-electron chi connectivity index (χ3n) is 3.24. The summed E-state index contributed by atoms with van der Waals surface area (Å²) in [5.41, 5.74) is 1.40. The average Bonchev–Trinajstić information content (AvgIpc) is 2.93. The average molecular weight is 271 g/mol. The second-order valence-electron chi connectivity index (χ2n) is 4.67. The molecular weight excluding hydrogens is 258 g/mol. The summed E-state index contributed by atoms with van der Waals surface area (Å²) in [4.78, 5) is 28.5. The van der Waals surface area contributed by atoms with E-state index in [2.05, 4.69) is 4.99 Å². The molecule has 102 valence electrons. The van der Waals surface area contributed by atoms with Gasteiger partial charge in [0.15, 0.2) is 11.5 Å². The number of carbonyl (C=O) groups is 2. The molecule has 5 heteroatoms. The molecule has 0 atom stereocenters. The number of rotatable bonds is 3. The first-order chi connectivity index (χ1) is 9.65. The van der Waals surface area contributed by atoms with E-state index in [0.717, 1.165) is 12.1 Å². The molecule has 0 saturated carbocycles. The maximum absolute atomic E-state index is 12.2. The van der Waals surface area contributed by atoms with Crippen molar-refractivity contribution in [3.05, 3.63) is 35.5 Å². The van der Waals surface area contributed by atoms with Crippen molar-refractivity contribution in [3.63, 3.8) is 0 Å². The Morgan fingerprint density at radius 3 is 2.75 bits per heavy atom. The monoisotopic (exact) mass is 271 g/mol. The van der Waals surface area contributed by atoms with Crippen LogP contribution in [0.2, 0.25) is 0 Å². The molecule has 0 bridgehead atoms. The minimum atomic E-state index is -0.559. The summed E-state index contributed by atoms with van der Waals surface area (Å²) in [5, 5.41) is 0. The van der Waals surface area contributed by atoms with Crippen molar-refractivity contribution in [2.24, 2.45) is 4.99 Å². The molecule has 1 aromatic carbocycles. The van der Waals surface area contributed by atoms with Gasteiger partial charge >= 0.3 is 0 Å². The molecule has 3 rings (SSSR count). The topological polar surface area (TPSA) is 65.0 Å². The van der Waals surface area contributed by atoms with E-state index in [-0.39, 0.29) is 6.79 Å². The highest BCUT2D eigenvalue weighted by molar-refractivity contribution is 6.68. The lowest BCUT2D eigenvalue weighted by Gasteiger charge is -2.09. The van der Waals surface area contributed by atoms with Crippen molar-refractivity contribution in [2.75, 3.05) is 6.79 Å². The first kappa shape index (κ1) is 12.6. The van der Waals surface area contributed by atoms with Gasteiger partial charge in [0.1, 0.15) is 0 Å². The summed E-state index contributed by atoms with van der Waals surface area (Å²) >= 11 is 0. The lowest BCUT2D eigenvalue weighted by molar-refractivity contribution is -0.109. The number of hydrogen-bond acceptors (Lipinski definition) is 5. The summed E-state index contributed by atoms with van der Waals surface area (Å²) in [7, 11) is 0. The van der Waals surface area contributed by atoms with Gasteiger partial charge in [-0.05, 0) is 38.0 Å². The fourth-order valence-corrected chi connectivity index (χ4v) is 2.20. The Bertz CT molecular complexity index is 658. The highest BCUT2D eigenvalue weighted by Crippen LogP contribution is 2.32. The molecule has 0 aliphatic carbocycles. The number of allylic oxidation sites excluding steroid dienone is 2. The molecule has 2 aliphatic heterocycles. The number of benzene rings is 1. The standard InChI is InChI=1S/C15H13NO4/c1-9-3-2-4-11(16-9)15(18)14(17)10-5-6-12-13(7-10)20-8-19-12/h3,5-7H,2,4,8H2,1H3. The van der Waals surface area contributed by atoms with E-state index in [9.17, 15) is 9.59 Å². The van der Waals surface area contributed by atoms with E-state index in [1.807, 2.05) is 13.0 Å². The third-order valence-corrected chi connectivity index (χ3v) is 3.24. The van der Waals surface area contributed by atoms with Crippen molar-refractivity contribution in [3.8, 4) is 11.5 Å². The molecule has 0 amide bonds. The van der Waals surface area contributed by atoms with Crippen LogP contribution in [0.5, 0.6) is 11.5 Å². The van der Waals surface area contributed by atoms with E-state index in [1.54, 1.807) is 12.1 Å². The number of carbonyl (C=O) groups excluding carboxylic acids is 2. The summed E-state index contributed by atoms with van der Waals surface area (Å²) < 4.78 is 10.4. The first-order valence-corrected chi connectivity index (χ1v) is 6.38. The summed E-state index contributed by atoms with van der Waals surface area (Å²) in [6, 6.07) is 4.74. The lowest BCUT2D eigenvalue weighted by atomic mass is 9.99. The number of ether oxygens (including phenoxy) is 2. The predicted octanol–water partition coefficient (Wildman–Crippen LogP) is 2.31. The lowest BCUT2D eigenvalue weighted by Crippen LogP contribution is -2.25. The minimum Gasteiger partial charge on any atom is -0.454 e. The molecule has 0 aromatic heterocycles. The minimum absolute atomic E-state index is 0.137. The second kappa shape index (κ2) is 4.92. The Kier molecular flexibility index (Phi) is 3.10. The zero-order valence-corrected chi connectivity index (χ0v) is 11.0. The summed E-state index contributed by atoms with van der Waals surface area (Å²) in [6.07, 6.45) is 3.19. The van der Waals surface area contributed by atoms with E-state index in [1.165, 1.54) is 6.07 Å². The number of fused-ring (bicyclic) bond motifs is 1. The van der Waals surface area contributed by atoms with Crippen LogP contribution in [0, 0.1) is 0 Å². The molecule has 2 heterocycles. The molecule has 0 N–H and O–H groups in total. The smallest absolute Gasteiger partial charge is 0.247 e. The van der Waals surface area contributed by atoms with Gasteiger partial charge in [0.25, 0.3) is 0 Å². The molecule has 20 heavy (non-hydrogen) atoms. The van der Waals surface area contributed by atoms with Gasteiger partial charge in [-0.25, -0.2) is 0 Å². The van der Waals surface area contributed by atoms with E-state index in [4.69, 9.17) is 9.47 Å². The van der Waals surface area contributed by atoms with Gasteiger partial charge in [-0.2, -0.15) is 0 Å². The summed E-state index contributed by atoms with van der Waals surface area (Å²) in [5.74, 6) is -0.0267. The van der Waals surface area contributed by atoms with Crippen LogP contribution in [0.15, 0.2) is 35.0 Å². The maximum Gasteiger partial charge on any atom is 0.247 e. The molecule has 2 aliphatic rings. The number of ketones is 2. The van der Waals surface area contributed by atoms with Crippen LogP contribution in [0.1, 0.15) is 30.1 Å². The quantitative estimate of drug-likeness (QED) is 0.625. The number of nitrogens with zero attached hydrogens (tertiary/aromatic N) is 1. The molecule has 0 radical (unpaired) electrons. The molecule has 0 saturated heterocycles. The van der Waals surface area contributed by atoms with Crippen LogP contribution < -0.4 is 9.47 Å². The number of hydrogen-bond donors (Lipinski definition) is 0. The fraction of sp³-hybridized carbons (Fsp3) is 0.267. The molecular formula is C15H13NO4. The van der Waals surface area contributed by atoms with Gasteiger partial charge in [0, 0.05) is 11.3 Å². The van der Waals surface area contributed by atoms with Crippen molar-refractivity contribution in [1.82, 2.24) is 0 Å². The fourth-order valence-electron chi connectivity index (χ4n) is 2.20. The highest BCUT2D eigenvalue weighted by atomic mass is 16.7. The van der Waals surface area contributed by atoms with Gasteiger partial charge in [0.05, 0.1) is 5.71 Å². The Morgan fingerprint density at radius 1 is 1.15 bits per heavy atom. The molecule has 0 fully saturated rings. The molecule has 0 spiro atoms. The van der Waals surface area contributed by atoms with Gasteiger partial charge in [-0.3, -0.25) is 14.6 Å².